The molecule has 0 radical (unpaired) electrons. The SMILES string of the molecule is CCNc1nc(C2CCC(CC)CC2)nc2sc(C)cc12. The van der Waals surface area contributed by atoms with Crippen LogP contribution in [0.15, 0.2) is 6.07 Å². The summed E-state index contributed by atoms with van der Waals surface area (Å²) in [6.45, 7) is 7.49. The predicted octanol–water partition coefficient (Wildman–Crippen LogP) is 5.12. The van der Waals surface area contributed by atoms with Gasteiger partial charge >= 0.3 is 0 Å². The molecule has 1 N–H and O–H groups in total. The van der Waals surface area contributed by atoms with Crippen molar-refractivity contribution in [1.29, 1.82) is 0 Å². The van der Waals surface area contributed by atoms with Gasteiger partial charge in [0.05, 0.1) is 5.39 Å². The topological polar surface area (TPSA) is 37.8 Å². The number of nitrogens with one attached hydrogen (secondary N) is 1. The van der Waals surface area contributed by atoms with Crippen LogP contribution in [0.25, 0.3) is 10.2 Å². The van der Waals surface area contributed by atoms with E-state index in [1.165, 1.54) is 42.4 Å². The average molecular weight is 303 g/mol. The number of anilines is 1. The minimum Gasteiger partial charge on any atom is -0.370 e. The van der Waals surface area contributed by atoms with Crippen LogP contribution in [0.1, 0.15) is 62.6 Å². The zero-order valence-corrected chi connectivity index (χ0v) is 14.1. The lowest BCUT2D eigenvalue weighted by molar-refractivity contribution is 0.312. The van der Waals surface area contributed by atoms with E-state index in [-0.39, 0.29) is 0 Å². The van der Waals surface area contributed by atoms with E-state index >= 15 is 0 Å². The van der Waals surface area contributed by atoms with Gasteiger partial charge in [0.15, 0.2) is 0 Å². The van der Waals surface area contributed by atoms with Crippen molar-refractivity contribution in [2.75, 3.05) is 11.9 Å². The number of hydrogen-bond donors (Lipinski definition) is 1. The molecule has 1 saturated carbocycles. The Balaban J connectivity index is 1.91. The number of aryl methyl sites for hydroxylation is 1. The first-order valence-corrected chi connectivity index (χ1v) is 9.04. The molecule has 0 unspecified atom stereocenters. The molecule has 0 saturated heterocycles. The van der Waals surface area contributed by atoms with Crippen LogP contribution in [-0.4, -0.2) is 16.5 Å². The number of aromatic nitrogens is 2. The average Bonchev–Trinajstić information content (AvgIpc) is 2.88. The maximum absolute atomic E-state index is 4.88. The lowest BCUT2D eigenvalue weighted by atomic mass is 9.80. The molecule has 0 aromatic carbocycles. The predicted molar refractivity (Wildman–Crippen MR) is 91.3 cm³/mol. The van der Waals surface area contributed by atoms with Gasteiger partial charge in [-0.3, -0.25) is 0 Å². The van der Waals surface area contributed by atoms with Crippen LogP contribution in [-0.2, 0) is 0 Å². The molecule has 21 heavy (non-hydrogen) atoms. The molecular formula is C17H25N3S. The first-order chi connectivity index (χ1) is 10.2. The molecule has 3 rings (SSSR count). The number of hydrogen-bond acceptors (Lipinski definition) is 4. The zero-order chi connectivity index (χ0) is 14.8. The highest BCUT2D eigenvalue weighted by Gasteiger charge is 2.24. The summed E-state index contributed by atoms with van der Waals surface area (Å²) in [7, 11) is 0. The van der Waals surface area contributed by atoms with Gasteiger partial charge < -0.3 is 5.32 Å². The van der Waals surface area contributed by atoms with E-state index in [4.69, 9.17) is 9.97 Å². The Morgan fingerprint density at radius 3 is 2.62 bits per heavy atom. The summed E-state index contributed by atoms with van der Waals surface area (Å²) in [5.74, 6) is 3.56. The van der Waals surface area contributed by atoms with E-state index in [9.17, 15) is 0 Å². The second-order valence-electron chi connectivity index (χ2n) is 6.16. The Bertz CT molecular complexity index is 612. The highest BCUT2D eigenvalue weighted by atomic mass is 32.1. The lowest BCUT2D eigenvalue weighted by Gasteiger charge is -2.27. The summed E-state index contributed by atoms with van der Waals surface area (Å²) < 4.78 is 0. The summed E-state index contributed by atoms with van der Waals surface area (Å²) in [4.78, 5) is 12.2. The maximum Gasteiger partial charge on any atom is 0.138 e. The van der Waals surface area contributed by atoms with E-state index in [1.807, 2.05) is 0 Å². The van der Waals surface area contributed by atoms with Crippen LogP contribution in [0, 0.1) is 12.8 Å². The molecule has 114 valence electrons. The number of nitrogens with zero attached hydrogens (tertiary/aromatic N) is 2. The Hall–Kier alpha value is -1.16. The largest absolute Gasteiger partial charge is 0.370 e. The number of thiophene rings is 1. The second-order valence-corrected chi connectivity index (χ2v) is 7.40. The van der Waals surface area contributed by atoms with Crippen molar-refractivity contribution < 1.29 is 0 Å². The molecule has 2 aromatic rings. The van der Waals surface area contributed by atoms with E-state index in [2.05, 4.69) is 32.2 Å². The van der Waals surface area contributed by atoms with Gasteiger partial charge in [-0.1, -0.05) is 13.3 Å². The van der Waals surface area contributed by atoms with E-state index in [0.29, 0.717) is 5.92 Å². The van der Waals surface area contributed by atoms with Gasteiger partial charge in [-0.2, -0.15) is 0 Å². The number of rotatable bonds is 4. The smallest absolute Gasteiger partial charge is 0.138 e. The molecule has 0 atom stereocenters. The monoisotopic (exact) mass is 303 g/mol. The minimum atomic E-state index is 0.553. The summed E-state index contributed by atoms with van der Waals surface area (Å²) in [5.41, 5.74) is 0. The zero-order valence-electron chi connectivity index (χ0n) is 13.3. The molecule has 2 heterocycles. The normalized spacial score (nSPS) is 22.6. The maximum atomic E-state index is 4.88. The van der Waals surface area contributed by atoms with Crippen molar-refractivity contribution in [2.45, 2.75) is 58.8 Å². The molecule has 4 heteroatoms. The fourth-order valence-electron chi connectivity index (χ4n) is 3.37. The molecule has 1 aliphatic carbocycles. The molecule has 2 aromatic heterocycles. The van der Waals surface area contributed by atoms with Crippen molar-refractivity contribution in [2.24, 2.45) is 5.92 Å². The highest BCUT2D eigenvalue weighted by Crippen LogP contribution is 2.37. The Morgan fingerprint density at radius 1 is 1.19 bits per heavy atom. The third-order valence-corrected chi connectivity index (χ3v) is 5.61. The van der Waals surface area contributed by atoms with Crippen LogP contribution in [0.2, 0.25) is 0 Å². The van der Waals surface area contributed by atoms with Crippen LogP contribution < -0.4 is 5.32 Å². The summed E-state index contributed by atoms with van der Waals surface area (Å²) in [5, 5.41) is 4.60. The van der Waals surface area contributed by atoms with E-state index < -0.39 is 0 Å². The van der Waals surface area contributed by atoms with Crippen LogP contribution >= 0.6 is 11.3 Å². The first kappa shape index (κ1) is 14.8. The van der Waals surface area contributed by atoms with Crippen LogP contribution in [0.3, 0.4) is 0 Å². The summed E-state index contributed by atoms with van der Waals surface area (Å²) in [6, 6.07) is 2.20. The molecule has 1 aliphatic rings. The van der Waals surface area contributed by atoms with Crippen molar-refractivity contribution in [3.05, 3.63) is 16.8 Å². The fourth-order valence-corrected chi connectivity index (χ4v) is 4.26. The van der Waals surface area contributed by atoms with Gasteiger partial charge in [0, 0.05) is 17.3 Å². The second kappa shape index (κ2) is 6.30. The highest BCUT2D eigenvalue weighted by molar-refractivity contribution is 7.18. The van der Waals surface area contributed by atoms with Gasteiger partial charge in [0.1, 0.15) is 16.5 Å². The molecule has 0 aliphatic heterocycles. The van der Waals surface area contributed by atoms with Crippen molar-refractivity contribution in [1.82, 2.24) is 9.97 Å². The Morgan fingerprint density at radius 2 is 1.95 bits per heavy atom. The minimum absolute atomic E-state index is 0.553. The molecule has 3 nitrogen and oxygen atoms in total. The number of fused-ring (bicyclic) bond motifs is 1. The molecule has 0 amide bonds. The summed E-state index contributed by atoms with van der Waals surface area (Å²) in [6.07, 6.45) is 6.49. The van der Waals surface area contributed by atoms with Gasteiger partial charge in [-0.15, -0.1) is 11.3 Å². The molecule has 0 bridgehead atoms. The molecule has 0 spiro atoms. The molecule has 1 fully saturated rings. The van der Waals surface area contributed by atoms with Crippen LogP contribution in [0.5, 0.6) is 0 Å². The van der Waals surface area contributed by atoms with Gasteiger partial charge in [-0.25, -0.2) is 9.97 Å². The first-order valence-electron chi connectivity index (χ1n) is 8.23. The molecular weight excluding hydrogens is 278 g/mol. The lowest BCUT2D eigenvalue weighted by Crippen LogP contribution is -2.15. The summed E-state index contributed by atoms with van der Waals surface area (Å²) >= 11 is 1.78. The van der Waals surface area contributed by atoms with E-state index in [1.54, 1.807) is 11.3 Å². The van der Waals surface area contributed by atoms with Crippen LogP contribution in [0.4, 0.5) is 5.82 Å². The third-order valence-electron chi connectivity index (χ3n) is 4.67. The van der Waals surface area contributed by atoms with Crippen molar-refractivity contribution in [3.8, 4) is 0 Å². The third kappa shape index (κ3) is 3.05. The van der Waals surface area contributed by atoms with Gasteiger partial charge in [-0.05, 0) is 51.5 Å². The van der Waals surface area contributed by atoms with E-state index in [0.717, 1.165) is 28.9 Å². The van der Waals surface area contributed by atoms with Crippen molar-refractivity contribution in [3.63, 3.8) is 0 Å². The Kier molecular flexibility index (Phi) is 4.43. The fraction of sp³-hybridized carbons (Fsp3) is 0.647. The quantitative estimate of drug-likeness (QED) is 0.852. The Labute approximate surface area is 131 Å². The standard InChI is InChI=1S/C17H25N3S/c1-4-12-6-8-13(9-7-12)15-19-16(18-5-2)14-10-11(3)21-17(14)20-15/h10,12-13H,4-9H2,1-3H3,(H,18,19,20). The van der Waals surface area contributed by atoms with Crippen molar-refractivity contribution >= 4 is 27.4 Å². The van der Waals surface area contributed by atoms with Gasteiger partial charge in [0.2, 0.25) is 0 Å². The van der Waals surface area contributed by atoms with Gasteiger partial charge in [0.25, 0.3) is 0 Å².